The summed E-state index contributed by atoms with van der Waals surface area (Å²) >= 11 is 3.06. The summed E-state index contributed by atoms with van der Waals surface area (Å²) in [6.07, 6.45) is 0. The number of carbonyl (C=O) groups is 1. The molecule has 0 aliphatic carbocycles. The van der Waals surface area contributed by atoms with Crippen LogP contribution in [0.3, 0.4) is 0 Å². The van der Waals surface area contributed by atoms with Gasteiger partial charge in [0.2, 0.25) is 0 Å². The van der Waals surface area contributed by atoms with Crippen molar-refractivity contribution in [2.24, 2.45) is 0 Å². The number of aromatic nitrogens is 1. The van der Waals surface area contributed by atoms with Gasteiger partial charge in [-0.25, -0.2) is 9.18 Å². The van der Waals surface area contributed by atoms with E-state index in [2.05, 4.69) is 15.9 Å². The number of halogens is 2. The third kappa shape index (κ3) is 1.75. The van der Waals surface area contributed by atoms with Gasteiger partial charge in [0.15, 0.2) is 11.6 Å². The van der Waals surface area contributed by atoms with E-state index < -0.39 is 22.9 Å². The highest BCUT2D eigenvalue weighted by Gasteiger charge is 2.29. The third-order valence-corrected chi connectivity index (χ3v) is 4.22. The lowest BCUT2D eigenvalue weighted by Gasteiger charge is -2.27. The van der Waals surface area contributed by atoms with E-state index in [1.165, 1.54) is 4.57 Å². The maximum absolute atomic E-state index is 14.1. The van der Waals surface area contributed by atoms with Crippen molar-refractivity contribution in [1.29, 1.82) is 0 Å². The lowest BCUT2D eigenvalue weighted by Crippen LogP contribution is -2.34. The van der Waals surface area contributed by atoms with Gasteiger partial charge in [0, 0.05) is 5.39 Å². The summed E-state index contributed by atoms with van der Waals surface area (Å²) in [6, 6.07) is 0.704. The van der Waals surface area contributed by atoms with E-state index in [0.29, 0.717) is 5.52 Å². The van der Waals surface area contributed by atoms with E-state index in [-0.39, 0.29) is 33.9 Å². The second-order valence-corrected chi connectivity index (χ2v) is 5.62. The first-order valence-corrected chi connectivity index (χ1v) is 6.85. The van der Waals surface area contributed by atoms with Crippen LogP contribution in [0.15, 0.2) is 15.3 Å². The number of rotatable bonds is 1. The van der Waals surface area contributed by atoms with Crippen molar-refractivity contribution in [3.8, 4) is 5.75 Å². The zero-order valence-corrected chi connectivity index (χ0v) is 12.4. The Labute approximate surface area is 126 Å². The number of aromatic carboxylic acids is 1. The van der Waals surface area contributed by atoms with Crippen molar-refractivity contribution in [3.63, 3.8) is 0 Å². The Morgan fingerprint density at radius 2 is 2.29 bits per heavy atom. The summed E-state index contributed by atoms with van der Waals surface area (Å²) in [4.78, 5) is 23.6. The standard InChI is InChI=1S/C13H10BrFN2O4/c1-4-3-21-11-7(14)8(15)9(16)5-2-6(13(19)20)12(18)17(4)10(5)11/h2,4H,3,16H2,1H3,(H,19,20)/t4-/m0/s1. The Morgan fingerprint density at radius 1 is 1.62 bits per heavy atom. The van der Waals surface area contributed by atoms with Crippen molar-refractivity contribution in [2.75, 3.05) is 12.3 Å². The van der Waals surface area contributed by atoms with Crippen LogP contribution in [0.25, 0.3) is 10.9 Å². The number of hydrogen-bond acceptors (Lipinski definition) is 4. The Kier molecular flexibility index (Phi) is 2.94. The molecule has 110 valence electrons. The van der Waals surface area contributed by atoms with Crippen LogP contribution >= 0.6 is 15.9 Å². The molecule has 0 unspecified atom stereocenters. The minimum atomic E-state index is -1.38. The summed E-state index contributed by atoms with van der Waals surface area (Å²) in [5.74, 6) is -1.97. The minimum absolute atomic E-state index is 0.0237. The van der Waals surface area contributed by atoms with Crippen LogP contribution in [0, 0.1) is 5.82 Å². The molecule has 0 radical (unpaired) electrons. The Balaban J connectivity index is 2.63. The number of nitrogens with zero attached hydrogens (tertiary/aromatic N) is 1. The quantitative estimate of drug-likeness (QED) is 0.763. The molecular formula is C13H10BrFN2O4. The maximum Gasteiger partial charge on any atom is 0.341 e. The molecule has 0 fully saturated rings. The molecule has 1 aliphatic rings. The zero-order chi connectivity index (χ0) is 15.5. The van der Waals surface area contributed by atoms with Crippen LogP contribution in [0.1, 0.15) is 23.3 Å². The molecule has 8 heteroatoms. The largest absolute Gasteiger partial charge is 0.488 e. The highest BCUT2D eigenvalue weighted by atomic mass is 79.9. The molecule has 1 aliphatic heterocycles. The second kappa shape index (κ2) is 4.45. The number of carboxylic acids is 1. The van der Waals surface area contributed by atoms with Gasteiger partial charge in [-0.15, -0.1) is 0 Å². The fraction of sp³-hybridized carbons (Fsp3) is 0.231. The fourth-order valence-electron chi connectivity index (χ4n) is 2.50. The first kappa shape index (κ1) is 13.9. The van der Waals surface area contributed by atoms with Crippen molar-refractivity contribution < 1.29 is 19.0 Å². The number of hydrogen-bond donors (Lipinski definition) is 2. The van der Waals surface area contributed by atoms with Gasteiger partial charge in [-0.3, -0.25) is 9.36 Å². The molecule has 3 rings (SSSR count). The maximum atomic E-state index is 14.1. The molecule has 21 heavy (non-hydrogen) atoms. The zero-order valence-electron chi connectivity index (χ0n) is 10.8. The number of nitrogens with two attached hydrogens (primary N) is 1. The fourth-order valence-corrected chi connectivity index (χ4v) is 3.01. The van der Waals surface area contributed by atoms with Crippen LogP contribution in [0.5, 0.6) is 5.75 Å². The molecular weight excluding hydrogens is 347 g/mol. The van der Waals surface area contributed by atoms with E-state index >= 15 is 0 Å². The number of benzene rings is 1. The summed E-state index contributed by atoms with van der Waals surface area (Å²) in [5, 5.41) is 9.29. The van der Waals surface area contributed by atoms with E-state index in [1.807, 2.05) is 0 Å². The molecule has 2 heterocycles. The smallest absolute Gasteiger partial charge is 0.341 e. The van der Waals surface area contributed by atoms with E-state index in [1.54, 1.807) is 6.92 Å². The van der Waals surface area contributed by atoms with Crippen LogP contribution in [0.4, 0.5) is 10.1 Å². The molecule has 0 spiro atoms. The van der Waals surface area contributed by atoms with Crippen molar-refractivity contribution in [3.05, 3.63) is 32.3 Å². The molecule has 0 bridgehead atoms. The summed E-state index contributed by atoms with van der Waals surface area (Å²) in [6.45, 7) is 1.84. The van der Waals surface area contributed by atoms with Gasteiger partial charge in [0.05, 0.1) is 21.7 Å². The van der Waals surface area contributed by atoms with Gasteiger partial charge in [-0.1, -0.05) is 0 Å². The van der Waals surface area contributed by atoms with Gasteiger partial charge in [-0.2, -0.15) is 0 Å². The molecule has 0 amide bonds. The SMILES string of the molecule is C[C@H]1COc2c(Br)c(F)c(N)c3cc(C(=O)O)c(=O)n1c23. The predicted octanol–water partition coefficient (Wildman–Crippen LogP) is 2.14. The van der Waals surface area contributed by atoms with Crippen molar-refractivity contribution in [2.45, 2.75) is 13.0 Å². The molecule has 1 aromatic carbocycles. The molecule has 2 aromatic rings. The van der Waals surface area contributed by atoms with E-state index in [4.69, 9.17) is 15.6 Å². The first-order valence-electron chi connectivity index (χ1n) is 6.06. The molecule has 0 saturated heterocycles. The van der Waals surface area contributed by atoms with Crippen LogP contribution in [-0.4, -0.2) is 22.2 Å². The highest BCUT2D eigenvalue weighted by molar-refractivity contribution is 9.10. The summed E-state index contributed by atoms with van der Waals surface area (Å²) in [5.41, 5.74) is 4.69. The molecule has 0 saturated carbocycles. The lowest BCUT2D eigenvalue weighted by atomic mass is 10.1. The highest BCUT2D eigenvalue weighted by Crippen LogP contribution is 2.42. The van der Waals surface area contributed by atoms with Gasteiger partial charge >= 0.3 is 5.97 Å². The van der Waals surface area contributed by atoms with Gasteiger partial charge in [-0.05, 0) is 28.9 Å². The molecule has 1 atom stereocenters. The van der Waals surface area contributed by atoms with Crippen LogP contribution in [-0.2, 0) is 0 Å². The van der Waals surface area contributed by atoms with E-state index in [0.717, 1.165) is 6.07 Å². The Hall–Kier alpha value is -2.09. The first-order chi connectivity index (χ1) is 9.84. The summed E-state index contributed by atoms with van der Waals surface area (Å²) in [7, 11) is 0. The van der Waals surface area contributed by atoms with Gasteiger partial charge in [0.1, 0.15) is 12.2 Å². The van der Waals surface area contributed by atoms with Gasteiger partial charge in [0.25, 0.3) is 5.56 Å². The minimum Gasteiger partial charge on any atom is -0.488 e. The molecule has 3 N–H and O–H groups in total. The topological polar surface area (TPSA) is 94.6 Å². The third-order valence-electron chi connectivity index (χ3n) is 3.51. The monoisotopic (exact) mass is 356 g/mol. The van der Waals surface area contributed by atoms with Crippen LogP contribution in [0.2, 0.25) is 0 Å². The van der Waals surface area contributed by atoms with Crippen molar-refractivity contribution in [1.82, 2.24) is 4.57 Å². The normalized spacial score (nSPS) is 16.8. The van der Waals surface area contributed by atoms with Gasteiger partial charge < -0.3 is 15.6 Å². The number of pyridine rings is 1. The molecule has 1 aromatic heterocycles. The second-order valence-electron chi connectivity index (χ2n) is 4.83. The summed E-state index contributed by atoms with van der Waals surface area (Å²) < 4.78 is 20.9. The lowest BCUT2D eigenvalue weighted by molar-refractivity contribution is 0.0694. The average molecular weight is 357 g/mol. The van der Waals surface area contributed by atoms with Crippen LogP contribution < -0.4 is 16.0 Å². The predicted molar refractivity (Wildman–Crippen MR) is 77.4 cm³/mol. The average Bonchev–Trinajstić information content (AvgIpc) is 2.44. The number of anilines is 1. The Morgan fingerprint density at radius 3 is 2.90 bits per heavy atom. The van der Waals surface area contributed by atoms with E-state index in [9.17, 15) is 14.0 Å². The molecule has 6 nitrogen and oxygen atoms in total. The Bertz CT molecular complexity index is 862. The number of nitrogen functional groups attached to an aromatic ring is 1. The number of ether oxygens (including phenoxy) is 1. The number of carboxylic acid groups (broad SMARTS) is 1. The van der Waals surface area contributed by atoms with Crippen molar-refractivity contribution >= 4 is 38.5 Å².